The van der Waals surface area contributed by atoms with Crippen molar-refractivity contribution in [2.45, 2.75) is 20.8 Å². The van der Waals surface area contributed by atoms with Crippen molar-refractivity contribution in [3.63, 3.8) is 0 Å². The summed E-state index contributed by atoms with van der Waals surface area (Å²) in [7, 11) is 0. The van der Waals surface area contributed by atoms with Gasteiger partial charge in [0, 0.05) is 12.2 Å². The standard InChI is InChI=1S/C13H18N2OS/c1-4-15(13(16)10(3)12(14)17)11-7-5-9(2)6-8-11/h5-8,10H,4H2,1-3H3,(H2,14,17). The number of amides is 1. The largest absolute Gasteiger partial charge is 0.393 e. The molecule has 92 valence electrons. The number of hydrogen-bond donors (Lipinski definition) is 1. The molecule has 1 atom stereocenters. The second-order valence-corrected chi connectivity index (χ2v) is 4.51. The molecule has 0 heterocycles. The molecule has 2 N–H and O–H groups in total. The molecule has 0 saturated carbocycles. The smallest absolute Gasteiger partial charge is 0.236 e. The minimum Gasteiger partial charge on any atom is -0.393 e. The summed E-state index contributed by atoms with van der Waals surface area (Å²) < 4.78 is 0. The van der Waals surface area contributed by atoms with Crippen molar-refractivity contribution < 1.29 is 4.79 Å². The van der Waals surface area contributed by atoms with Crippen molar-refractivity contribution in [3.8, 4) is 0 Å². The molecule has 1 amide bonds. The zero-order valence-corrected chi connectivity index (χ0v) is 11.3. The Morgan fingerprint density at radius 1 is 1.41 bits per heavy atom. The number of carbonyl (C=O) groups excluding carboxylic acids is 1. The van der Waals surface area contributed by atoms with Crippen LogP contribution in [0.5, 0.6) is 0 Å². The van der Waals surface area contributed by atoms with Gasteiger partial charge in [-0.3, -0.25) is 4.79 Å². The highest BCUT2D eigenvalue weighted by atomic mass is 32.1. The fraction of sp³-hybridized carbons (Fsp3) is 0.385. The molecule has 1 aromatic carbocycles. The van der Waals surface area contributed by atoms with Crippen molar-refractivity contribution in [1.82, 2.24) is 0 Å². The van der Waals surface area contributed by atoms with Gasteiger partial charge in [0.25, 0.3) is 0 Å². The van der Waals surface area contributed by atoms with Crippen LogP contribution in [0, 0.1) is 12.8 Å². The number of rotatable bonds is 4. The maximum atomic E-state index is 12.2. The summed E-state index contributed by atoms with van der Waals surface area (Å²) in [5, 5.41) is 0. The van der Waals surface area contributed by atoms with Crippen LogP contribution in [0.2, 0.25) is 0 Å². The first kappa shape index (κ1) is 13.6. The van der Waals surface area contributed by atoms with E-state index in [1.807, 2.05) is 38.1 Å². The first-order valence-electron chi connectivity index (χ1n) is 5.64. The Balaban J connectivity index is 2.95. The van der Waals surface area contributed by atoms with Gasteiger partial charge in [-0.1, -0.05) is 29.9 Å². The van der Waals surface area contributed by atoms with Crippen LogP contribution in [-0.2, 0) is 4.79 Å². The molecule has 17 heavy (non-hydrogen) atoms. The lowest BCUT2D eigenvalue weighted by Gasteiger charge is -2.24. The van der Waals surface area contributed by atoms with Crippen LogP contribution in [0.3, 0.4) is 0 Å². The highest BCUT2D eigenvalue weighted by Gasteiger charge is 2.22. The minimum absolute atomic E-state index is 0.0520. The van der Waals surface area contributed by atoms with Crippen LogP contribution in [0.25, 0.3) is 0 Å². The Kier molecular flexibility index (Phi) is 4.63. The Morgan fingerprint density at radius 2 is 1.94 bits per heavy atom. The number of hydrogen-bond acceptors (Lipinski definition) is 2. The van der Waals surface area contributed by atoms with Crippen LogP contribution >= 0.6 is 12.2 Å². The number of carbonyl (C=O) groups is 1. The second-order valence-electron chi connectivity index (χ2n) is 4.04. The molecule has 3 nitrogen and oxygen atoms in total. The number of nitrogens with two attached hydrogens (primary N) is 1. The lowest BCUT2D eigenvalue weighted by atomic mass is 10.1. The molecule has 0 aromatic heterocycles. The van der Waals surface area contributed by atoms with E-state index in [0.717, 1.165) is 5.69 Å². The zero-order chi connectivity index (χ0) is 13.0. The van der Waals surface area contributed by atoms with Crippen LogP contribution < -0.4 is 10.6 Å². The molecule has 0 aliphatic carbocycles. The maximum absolute atomic E-state index is 12.2. The first-order valence-corrected chi connectivity index (χ1v) is 6.05. The molecular formula is C13H18N2OS. The highest BCUT2D eigenvalue weighted by molar-refractivity contribution is 7.80. The van der Waals surface area contributed by atoms with Gasteiger partial charge < -0.3 is 10.6 Å². The number of anilines is 1. The molecule has 0 spiro atoms. The number of aryl methyl sites for hydroxylation is 1. The van der Waals surface area contributed by atoms with E-state index in [1.165, 1.54) is 5.56 Å². The third kappa shape index (κ3) is 3.27. The molecule has 1 rings (SSSR count). The summed E-state index contributed by atoms with van der Waals surface area (Å²) in [6.07, 6.45) is 0. The van der Waals surface area contributed by atoms with Gasteiger partial charge in [0.05, 0.1) is 10.9 Å². The molecule has 1 aromatic rings. The molecule has 0 bridgehead atoms. The number of nitrogens with zero attached hydrogens (tertiary/aromatic N) is 1. The van der Waals surface area contributed by atoms with Crippen LogP contribution in [-0.4, -0.2) is 17.4 Å². The van der Waals surface area contributed by atoms with Crippen molar-refractivity contribution >= 4 is 28.8 Å². The Hall–Kier alpha value is -1.42. The number of benzene rings is 1. The normalized spacial score (nSPS) is 11.9. The van der Waals surface area contributed by atoms with E-state index in [0.29, 0.717) is 6.54 Å². The van der Waals surface area contributed by atoms with Gasteiger partial charge in [0.15, 0.2) is 0 Å². The summed E-state index contributed by atoms with van der Waals surface area (Å²) in [6, 6.07) is 7.83. The topological polar surface area (TPSA) is 46.3 Å². The summed E-state index contributed by atoms with van der Waals surface area (Å²) in [5.74, 6) is -0.477. The van der Waals surface area contributed by atoms with E-state index >= 15 is 0 Å². The second kappa shape index (κ2) is 5.77. The van der Waals surface area contributed by atoms with Gasteiger partial charge in [-0.25, -0.2) is 0 Å². The van der Waals surface area contributed by atoms with Crippen LogP contribution in [0.1, 0.15) is 19.4 Å². The van der Waals surface area contributed by atoms with Gasteiger partial charge >= 0.3 is 0 Å². The highest BCUT2D eigenvalue weighted by Crippen LogP contribution is 2.17. The van der Waals surface area contributed by atoms with E-state index in [-0.39, 0.29) is 10.9 Å². The summed E-state index contributed by atoms with van der Waals surface area (Å²) in [4.78, 5) is 14.1. The van der Waals surface area contributed by atoms with Crippen molar-refractivity contribution in [2.24, 2.45) is 11.7 Å². The van der Waals surface area contributed by atoms with Gasteiger partial charge in [0.2, 0.25) is 5.91 Å². The van der Waals surface area contributed by atoms with E-state index in [2.05, 4.69) is 0 Å². The SMILES string of the molecule is CCN(C(=O)C(C)C(N)=S)c1ccc(C)cc1. The predicted octanol–water partition coefficient (Wildman–Crippen LogP) is 2.27. The average molecular weight is 250 g/mol. The number of thiocarbonyl (C=S) groups is 1. The van der Waals surface area contributed by atoms with Crippen LogP contribution in [0.15, 0.2) is 24.3 Å². The lowest BCUT2D eigenvalue weighted by Crippen LogP contribution is -2.39. The molecular weight excluding hydrogens is 232 g/mol. The third-order valence-electron chi connectivity index (χ3n) is 2.73. The maximum Gasteiger partial charge on any atom is 0.236 e. The molecule has 0 radical (unpaired) electrons. The van der Waals surface area contributed by atoms with E-state index in [9.17, 15) is 4.79 Å². The Morgan fingerprint density at radius 3 is 2.35 bits per heavy atom. The molecule has 4 heteroatoms. The van der Waals surface area contributed by atoms with Gasteiger partial charge in [-0.15, -0.1) is 0 Å². The monoisotopic (exact) mass is 250 g/mol. The first-order chi connectivity index (χ1) is 7.97. The minimum atomic E-state index is -0.425. The van der Waals surface area contributed by atoms with Crippen LogP contribution in [0.4, 0.5) is 5.69 Å². The summed E-state index contributed by atoms with van der Waals surface area (Å²) in [5.41, 5.74) is 7.56. The Labute approximate surface area is 108 Å². The average Bonchev–Trinajstić information content (AvgIpc) is 2.31. The molecule has 0 fully saturated rings. The molecule has 1 unspecified atom stereocenters. The predicted molar refractivity (Wildman–Crippen MR) is 75.2 cm³/mol. The van der Waals surface area contributed by atoms with Crippen molar-refractivity contribution in [2.75, 3.05) is 11.4 Å². The third-order valence-corrected chi connectivity index (χ3v) is 3.08. The molecule has 0 aliphatic heterocycles. The van der Waals surface area contributed by atoms with Gasteiger partial charge in [-0.05, 0) is 32.9 Å². The lowest BCUT2D eigenvalue weighted by molar-refractivity contribution is -0.120. The summed E-state index contributed by atoms with van der Waals surface area (Å²) in [6.45, 7) is 6.29. The van der Waals surface area contributed by atoms with E-state index in [4.69, 9.17) is 18.0 Å². The molecule has 0 aliphatic rings. The van der Waals surface area contributed by atoms with E-state index < -0.39 is 5.92 Å². The van der Waals surface area contributed by atoms with E-state index in [1.54, 1.807) is 11.8 Å². The summed E-state index contributed by atoms with van der Waals surface area (Å²) >= 11 is 4.86. The fourth-order valence-corrected chi connectivity index (χ4v) is 1.65. The quantitative estimate of drug-likeness (QED) is 0.834. The van der Waals surface area contributed by atoms with Gasteiger partial charge in [-0.2, -0.15) is 0 Å². The van der Waals surface area contributed by atoms with Crippen molar-refractivity contribution in [1.29, 1.82) is 0 Å². The molecule has 0 saturated heterocycles. The van der Waals surface area contributed by atoms with Crippen molar-refractivity contribution in [3.05, 3.63) is 29.8 Å². The van der Waals surface area contributed by atoms with Gasteiger partial charge in [0.1, 0.15) is 0 Å². The fourth-order valence-electron chi connectivity index (χ4n) is 1.55. The zero-order valence-electron chi connectivity index (χ0n) is 10.4. The Bertz CT molecular complexity index is 414.